The highest BCUT2D eigenvalue weighted by Crippen LogP contribution is 2.44. The fourth-order valence-corrected chi connectivity index (χ4v) is 11.6. The number of esters is 4. The molecule has 0 aliphatic heterocycles. The van der Waals surface area contributed by atoms with Crippen LogP contribution in [0.2, 0.25) is 0 Å². The van der Waals surface area contributed by atoms with Crippen molar-refractivity contribution in [1.82, 2.24) is 4.98 Å². The molecule has 348 valence electrons. The fraction of sp³-hybridized carbons (Fsp3) is 0.596. The zero-order chi connectivity index (χ0) is 45.9. The Bertz CT molecular complexity index is 2380. The van der Waals surface area contributed by atoms with Gasteiger partial charge in [-0.3, -0.25) is 28.8 Å². The minimum atomic E-state index is -0.353. The van der Waals surface area contributed by atoms with Crippen molar-refractivity contribution in [3.05, 3.63) is 41.5 Å². The lowest BCUT2D eigenvalue weighted by atomic mass is 9.79. The third-order valence-corrected chi connectivity index (χ3v) is 16.3. The van der Waals surface area contributed by atoms with Gasteiger partial charge in [0, 0.05) is 17.2 Å². The minimum absolute atomic E-state index is 0.0477. The molecule has 2 aromatic heterocycles. The third kappa shape index (κ3) is 10.7. The highest BCUT2D eigenvalue weighted by Gasteiger charge is 2.36. The van der Waals surface area contributed by atoms with Gasteiger partial charge in [-0.05, 0) is 179 Å². The molecule has 4 saturated carbocycles. The van der Waals surface area contributed by atoms with Crippen molar-refractivity contribution < 1.29 is 52.1 Å². The van der Waals surface area contributed by atoms with E-state index in [1.165, 1.54) is 11.3 Å². The summed E-state index contributed by atoms with van der Waals surface area (Å²) in [5, 5.41) is 1.55. The van der Waals surface area contributed by atoms with Gasteiger partial charge in [0.05, 0.1) is 30.3 Å². The van der Waals surface area contributed by atoms with Crippen molar-refractivity contribution in [1.29, 1.82) is 0 Å². The molecule has 2 aromatic carbocycles. The molecule has 13 heteroatoms. The van der Waals surface area contributed by atoms with E-state index in [4.69, 9.17) is 28.3 Å². The smallest absolute Gasteiger partial charge is 0.314 e. The van der Waals surface area contributed by atoms with Crippen molar-refractivity contribution in [2.75, 3.05) is 6.61 Å². The lowest BCUT2D eigenvalue weighted by molar-refractivity contribution is -0.159. The van der Waals surface area contributed by atoms with Crippen molar-refractivity contribution in [3.63, 3.8) is 0 Å². The monoisotopic (exact) mass is 909 g/mol. The van der Waals surface area contributed by atoms with Crippen LogP contribution in [-0.2, 0) is 38.2 Å². The number of rotatable bonds is 13. The lowest BCUT2D eigenvalue weighted by Gasteiger charge is -2.32. The first-order valence-electron chi connectivity index (χ1n) is 24.0. The van der Waals surface area contributed by atoms with E-state index < -0.39 is 0 Å². The largest absolute Gasteiger partial charge is 0.465 e. The number of furan rings is 1. The minimum Gasteiger partial charge on any atom is -0.465 e. The molecule has 1 unspecified atom stereocenters. The summed E-state index contributed by atoms with van der Waals surface area (Å²) in [5.74, 6) is -0.0555. The van der Waals surface area contributed by atoms with E-state index in [1.54, 1.807) is 26.0 Å². The first-order valence-corrected chi connectivity index (χ1v) is 24.8. The van der Waals surface area contributed by atoms with Crippen molar-refractivity contribution >= 4 is 68.0 Å². The predicted molar refractivity (Wildman–Crippen MR) is 245 cm³/mol. The summed E-state index contributed by atoms with van der Waals surface area (Å²) in [7, 11) is 0. The second-order valence-corrected chi connectivity index (χ2v) is 20.6. The zero-order valence-electron chi connectivity index (χ0n) is 38.4. The molecule has 0 amide bonds. The van der Waals surface area contributed by atoms with Crippen LogP contribution in [0.25, 0.3) is 32.0 Å². The second-order valence-electron chi connectivity index (χ2n) is 19.6. The summed E-state index contributed by atoms with van der Waals surface area (Å²) in [6.07, 6.45) is 10.7. The summed E-state index contributed by atoms with van der Waals surface area (Å²) in [6.45, 7) is 9.54. The summed E-state index contributed by atoms with van der Waals surface area (Å²) < 4.78 is 30.9. The van der Waals surface area contributed by atoms with Crippen LogP contribution in [-0.4, -0.2) is 53.1 Å². The molecule has 4 aromatic rings. The van der Waals surface area contributed by atoms with Gasteiger partial charge in [0.1, 0.15) is 33.5 Å². The Hall–Kier alpha value is -4.91. The molecular weight excluding hydrogens is 847 g/mol. The van der Waals surface area contributed by atoms with Crippen molar-refractivity contribution in [2.24, 2.45) is 47.3 Å². The predicted octanol–water partition coefficient (Wildman–Crippen LogP) is 11.0. The molecule has 65 heavy (non-hydrogen) atoms. The molecular formula is C52H63NO11S. The quantitative estimate of drug-likeness (QED) is 0.0922. The Morgan fingerprint density at radius 3 is 1.71 bits per heavy atom. The van der Waals surface area contributed by atoms with Gasteiger partial charge < -0.3 is 23.4 Å². The first-order chi connectivity index (χ1) is 31.2. The first kappa shape index (κ1) is 46.6. The van der Waals surface area contributed by atoms with Gasteiger partial charge in [-0.15, -0.1) is 11.3 Å². The van der Waals surface area contributed by atoms with E-state index in [-0.39, 0.29) is 94.6 Å². The van der Waals surface area contributed by atoms with Gasteiger partial charge in [0.15, 0.2) is 22.3 Å². The van der Waals surface area contributed by atoms with Gasteiger partial charge in [0.25, 0.3) is 0 Å². The average Bonchev–Trinajstić information content (AvgIpc) is 3.98. The molecule has 0 spiro atoms. The summed E-state index contributed by atoms with van der Waals surface area (Å²) >= 11 is 1.32. The Kier molecular flexibility index (Phi) is 14.6. The summed E-state index contributed by atoms with van der Waals surface area (Å²) in [6, 6.07) is 9.36. The number of aromatic nitrogens is 1. The van der Waals surface area contributed by atoms with Gasteiger partial charge in [-0.1, -0.05) is 12.1 Å². The topological polar surface area (TPSA) is 165 Å². The third-order valence-electron chi connectivity index (χ3n) is 15.2. The second kappa shape index (κ2) is 20.3. The molecule has 1 atom stereocenters. The molecule has 4 fully saturated rings. The molecule has 0 saturated heterocycles. The number of nitrogens with zero attached hydrogens (tertiary/aromatic N) is 1. The molecule has 4 aliphatic carbocycles. The SMILES string of the molecule is CC(=O)C1CCC(C(=O)OCC2CCC(C(=O)Oc3ccc(OC(=O)C4CCC(C(C)OC(=O)C5CCC(C(C)=O)CC5)CC4)c4nc(-c5cc6c(C)ccc(C)c6o5)sc34)CC2)CC1. The maximum atomic E-state index is 13.8. The normalized spacial score (nSPS) is 26.5. The van der Waals surface area contributed by atoms with E-state index in [0.717, 1.165) is 73.5 Å². The maximum absolute atomic E-state index is 13.8. The molecule has 0 radical (unpaired) electrons. The lowest BCUT2D eigenvalue weighted by Crippen LogP contribution is -2.34. The van der Waals surface area contributed by atoms with Gasteiger partial charge in [0.2, 0.25) is 0 Å². The molecule has 8 rings (SSSR count). The van der Waals surface area contributed by atoms with Crippen LogP contribution < -0.4 is 9.47 Å². The van der Waals surface area contributed by atoms with Crippen LogP contribution >= 0.6 is 11.3 Å². The number of ketones is 2. The number of aryl methyl sites for hydroxylation is 2. The van der Waals surface area contributed by atoms with Crippen molar-refractivity contribution in [3.8, 4) is 22.3 Å². The Balaban J connectivity index is 0.902. The number of fused-ring (bicyclic) bond motifs is 2. The number of Topliss-reactive ketones (excluding diaryl/α,β-unsaturated/α-hetero) is 2. The summed E-state index contributed by atoms with van der Waals surface area (Å²) in [5.41, 5.74) is 3.25. The number of benzene rings is 2. The molecule has 2 heterocycles. The van der Waals surface area contributed by atoms with Crippen LogP contribution in [0.3, 0.4) is 0 Å². The van der Waals surface area contributed by atoms with Crippen molar-refractivity contribution in [2.45, 2.75) is 143 Å². The van der Waals surface area contributed by atoms with Gasteiger partial charge in [-0.2, -0.15) is 0 Å². The van der Waals surface area contributed by atoms with E-state index in [2.05, 4.69) is 6.07 Å². The number of hydrogen-bond acceptors (Lipinski definition) is 13. The van der Waals surface area contributed by atoms with E-state index in [1.807, 2.05) is 32.9 Å². The number of hydrogen-bond donors (Lipinski definition) is 0. The molecule has 0 bridgehead atoms. The molecule has 4 aliphatic rings. The van der Waals surface area contributed by atoms with Crippen LogP contribution in [0.15, 0.2) is 34.7 Å². The van der Waals surface area contributed by atoms with Crippen LogP contribution in [0, 0.1) is 61.2 Å². The standard InChI is InChI=1S/C52H63NO11S/c1-28-6-7-29(2)46-41(28)26-44(62-46)48-53-45-42(63-51(58)40-22-16-36(17-23-40)32(5)61-50(57)39-20-14-35(15-21-39)31(4)55)24-25-43(47(45)65-48)64-52(59)38-10-8-33(9-11-38)27-60-49(56)37-18-12-34(13-19-37)30(3)54/h6-7,24-26,32-40H,8-23,27H2,1-5H3. The number of thiazole rings is 1. The highest BCUT2D eigenvalue weighted by atomic mass is 32.1. The van der Waals surface area contributed by atoms with E-state index >= 15 is 0 Å². The van der Waals surface area contributed by atoms with E-state index in [9.17, 15) is 28.8 Å². The van der Waals surface area contributed by atoms with Crippen LogP contribution in [0.5, 0.6) is 11.5 Å². The number of carbonyl (C=O) groups is 6. The van der Waals surface area contributed by atoms with Crippen LogP contribution in [0.1, 0.15) is 135 Å². The Morgan fingerprint density at radius 1 is 0.631 bits per heavy atom. The van der Waals surface area contributed by atoms with E-state index in [0.29, 0.717) is 84.7 Å². The zero-order valence-corrected chi connectivity index (χ0v) is 39.3. The maximum Gasteiger partial charge on any atom is 0.314 e. The summed E-state index contributed by atoms with van der Waals surface area (Å²) in [4.78, 5) is 81.9. The average molecular weight is 910 g/mol. The Labute approximate surface area is 384 Å². The molecule has 12 nitrogen and oxygen atoms in total. The van der Waals surface area contributed by atoms with Gasteiger partial charge >= 0.3 is 23.9 Å². The fourth-order valence-electron chi connectivity index (χ4n) is 10.7. The Morgan fingerprint density at radius 2 is 1.12 bits per heavy atom. The van der Waals surface area contributed by atoms with Gasteiger partial charge in [-0.25, -0.2) is 4.98 Å². The van der Waals surface area contributed by atoms with Crippen LogP contribution in [0.4, 0.5) is 0 Å². The molecule has 0 N–H and O–H groups in total. The highest BCUT2D eigenvalue weighted by molar-refractivity contribution is 7.22. The number of ether oxygens (including phenoxy) is 4. The number of carbonyl (C=O) groups excluding carboxylic acids is 6.